The van der Waals surface area contributed by atoms with Gasteiger partial charge in [-0.25, -0.2) is 0 Å². The zero-order valence-electron chi connectivity index (χ0n) is 22.4. The molecule has 0 amide bonds. The molecule has 2 bridgehead atoms. The zero-order valence-corrected chi connectivity index (χ0v) is 22.4. The molecule has 1 aliphatic carbocycles. The van der Waals surface area contributed by atoms with Crippen LogP contribution in [0.25, 0.3) is 0 Å². The summed E-state index contributed by atoms with van der Waals surface area (Å²) in [6.45, 7) is 17.9. The highest BCUT2D eigenvalue weighted by Gasteiger charge is 2.29. The average Bonchev–Trinajstić information content (AvgIpc) is 2.77. The fourth-order valence-electron chi connectivity index (χ4n) is 4.80. The predicted octanol–water partition coefficient (Wildman–Crippen LogP) is 8.24. The molecule has 2 unspecified atom stereocenters. The van der Waals surface area contributed by atoms with E-state index in [0.717, 1.165) is 12.1 Å². The van der Waals surface area contributed by atoms with Crippen LogP contribution in [0.5, 0.6) is 0 Å². The summed E-state index contributed by atoms with van der Waals surface area (Å²) in [4.78, 5) is 7.21. The van der Waals surface area contributed by atoms with Crippen LogP contribution >= 0.6 is 0 Å². The lowest BCUT2D eigenvalue weighted by Gasteiger charge is -2.33. The highest BCUT2D eigenvalue weighted by atomic mass is 15.1. The molecule has 0 saturated heterocycles. The first-order valence-corrected chi connectivity index (χ1v) is 12.7. The Bertz CT molecular complexity index is 1030. The third-order valence-corrected chi connectivity index (χ3v) is 7.67. The highest BCUT2D eigenvalue weighted by molar-refractivity contribution is 5.73. The molecule has 0 N–H and O–H groups in total. The largest absolute Gasteiger partial charge is 0.378 e. The van der Waals surface area contributed by atoms with Crippen molar-refractivity contribution in [3.8, 4) is 0 Å². The summed E-state index contributed by atoms with van der Waals surface area (Å²) < 4.78 is 0. The van der Waals surface area contributed by atoms with Gasteiger partial charge in [-0.1, -0.05) is 64.4 Å². The van der Waals surface area contributed by atoms with Gasteiger partial charge in [0.05, 0.1) is 5.69 Å². The summed E-state index contributed by atoms with van der Waals surface area (Å²) >= 11 is 0. The van der Waals surface area contributed by atoms with Crippen LogP contribution in [0.15, 0.2) is 53.2 Å². The number of hydrogen-bond donors (Lipinski definition) is 0. The van der Waals surface area contributed by atoms with Gasteiger partial charge in [-0.3, -0.25) is 4.99 Å². The molecule has 0 aromatic heterocycles. The lowest BCUT2D eigenvalue weighted by Crippen LogP contribution is -2.24. The first-order valence-electron chi connectivity index (χ1n) is 12.7. The monoisotopic (exact) mass is 444 g/mol. The molecule has 33 heavy (non-hydrogen) atoms. The normalized spacial score (nSPS) is 18.9. The molecule has 0 radical (unpaired) electrons. The van der Waals surface area contributed by atoms with Gasteiger partial charge in [-0.15, -0.1) is 0 Å². The Morgan fingerprint density at radius 3 is 2.45 bits per heavy atom. The molecule has 2 aromatic carbocycles. The summed E-state index contributed by atoms with van der Waals surface area (Å²) in [6.07, 6.45) is 7.86. The minimum atomic E-state index is -0.0953. The Morgan fingerprint density at radius 2 is 1.85 bits per heavy atom. The van der Waals surface area contributed by atoms with Crippen LogP contribution in [0.3, 0.4) is 0 Å². The molecule has 0 spiro atoms. The molecule has 0 fully saturated rings. The first kappa shape index (κ1) is 25.3. The van der Waals surface area contributed by atoms with E-state index in [1.807, 2.05) is 0 Å². The second-order valence-electron chi connectivity index (χ2n) is 10.9. The number of aryl methyl sites for hydroxylation is 2. The van der Waals surface area contributed by atoms with Crippen molar-refractivity contribution in [1.82, 2.24) is 4.90 Å². The van der Waals surface area contributed by atoms with Gasteiger partial charge in [0, 0.05) is 30.6 Å². The van der Waals surface area contributed by atoms with Crippen LogP contribution < -0.4 is 0 Å². The second kappa shape index (κ2) is 10.3. The number of benzene rings is 2. The molecule has 2 nitrogen and oxygen atoms in total. The minimum Gasteiger partial charge on any atom is -0.378 e. The maximum atomic E-state index is 4.94. The van der Waals surface area contributed by atoms with Crippen molar-refractivity contribution in [3.63, 3.8) is 0 Å². The van der Waals surface area contributed by atoms with E-state index in [0.29, 0.717) is 17.9 Å². The highest BCUT2D eigenvalue weighted by Crippen LogP contribution is 2.42. The first-order chi connectivity index (χ1) is 15.6. The van der Waals surface area contributed by atoms with E-state index in [1.54, 1.807) is 0 Å². The lowest BCUT2D eigenvalue weighted by molar-refractivity contribution is 0.367. The average molecular weight is 445 g/mol. The number of hydrogen-bond acceptors (Lipinski definition) is 2. The maximum absolute atomic E-state index is 4.94. The molecule has 0 saturated carbocycles. The standard InChI is InChI=1S/C31H44N2/c1-10-24-15-25-17-26(11-2)30(28(16-24)18-25)27-12-13-29(22(5)14-27)32-20-31(7,8)23(6)19-33(9)21(3)4/h12-16,18-21,26,30H,10-11,17H2,1-9H3/b23-19+,32-20-. The van der Waals surface area contributed by atoms with Crippen molar-refractivity contribution in [1.29, 1.82) is 0 Å². The fraction of sp³-hybridized carbons (Fsp3) is 0.516. The van der Waals surface area contributed by atoms with E-state index < -0.39 is 0 Å². The Balaban J connectivity index is 1.88. The van der Waals surface area contributed by atoms with Crippen LogP contribution in [0.2, 0.25) is 0 Å². The number of rotatable bonds is 8. The Morgan fingerprint density at radius 1 is 1.12 bits per heavy atom. The summed E-state index contributed by atoms with van der Waals surface area (Å²) in [5, 5.41) is 0. The summed E-state index contributed by atoms with van der Waals surface area (Å²) in [5.41, 5.74) is 9.46. The van der Waals surface area contributed by atoms with Gasteiger partial charge in [0.25, 0.3) is 0 Å². The van der Waals surface area contributed by atoms with Crippen LogP contribution in [-0.4, -0.2) is 24.2 Å². The molecular formula is C31H44N2. The van der Waals surface area contributed by atoms with Crippen molar-refractivity contribution >= 4 is 11.9 Å². The van der Waals surface area contributed by atoms with E-state index in [1.165, 1.54) is 46.2 Å². The van der Waals surface area contributed by atoms with E-state index in [9.17, 15) is 0 Å². The van der Waals surface area contributed by atoms with Crippen molar-refractivity contribution in [2.75, 3.05) is 7.05 Å². The number of nitrogens with zero attached hydrogens (tertiary/aromatic N) is 2. The number of allylic oxidation sites excluding steroid dienone is 1. The van der Waals surface area contributed by atoms with Gasteiger partial charge >= 0.3 is 0 Å². The van der Waals surface area contributed by atoms with Crippen LogP contribution in [0.4, 0.5) is 5.69 Å². The molecule has 3 rings (SSSR count). The molecule has 1 aliphatic rings. The maximum Gasteiger partial charge on any atom is 0.0655 e. The van der Waals surface area contributed by atoms with Crippen molar-refractivity contribution in [3.05, 3.63) is 76.0 Å². The Hall–Kier alpha value is -2.35. The second-order valence-corrected chi connectivity index (χ2v) is 10.9. The van der Waals surface area contributed by atoms with Crippen LogP contribution in [0, 0.1) is 18.3 Å². The fourth-order valence-corrected chi connectivity index (χ4v) is 4.80. The number of fused-ring (bicyclic) bond motifs is 2. The minimum absolute atomic E-state index is 0.0953. The Labute approximate surface area is 202 Å². The van der Waals surface area contributed by atoms with Crippen molar-refractivity contribution < 1.29 is 0 Å². The van der Waals surface area contributed by atoms with Crippen molar-refractivity contribution in [2.45, 2.75) is 86.6 Å². The van der Waals surface area contributed by atoms with Crippen LogP contribution in [0.1, 0.15) is 88.6 Å². The third-order valence-electron chi connectivity index (χ3n) is 7.67. The molecule has 2 aromatic rings. The molecule has 2 atom stereocenters. The molecule has 0 heterocycles. The summed E-state index contributed by atoms with van der Waals surface area (Å²) in [5.74, 6) is 1.16. The smallest absolute Gasteiger partial charge is 0.0655 e. The third kappa shape index (κ3) is 5.78. The van der Waals surface area contributed by atoms with Gasteiger partial charge in [-0.05, 0) is 92.1 Å². The van der Waals surface area contributed by atoms with Gasteiger partial charge in [0.15, 0.2) is 0 Å². The Kier molecular flexibility index (Phi) is 7.88. The van der Waals surface area contributed by atoms with Gasteiger partial charge < -0.3 is 4.90 Å². The zero-order chi connectivity index (χ0) is 24.3. The van der Waals surface area contributed by atoms with E-state index in [-0.39, 0.29) is 5.41 Å². The lowest BCUT2D eigenvalue weighted by atomic mass is 9.71. The molecule has 2 heteroatoms. The number of aliphatic imine (C=N–C) groups is 1. The predicted molar refractivity (Wildman–Crippen MR) is 145 cm³/mol. The SMILES string of the molecule is CCc1cc2cc(c1)C(c1ccc(/N=C\C(C)(C)/C(C)=C/N(C)C(C)C)c(C)c1)C(CC)C2. The summed E-state index contributed by atoms with van der Waals surface area (Å²) in [6, 6.07) is 14.7. The van der Waals surface area contributed by atoms with Gasteiger partial charge in [0.1, 0.15) is 0 Å². The molecule has 0 aliphatic heterocycles. The van der Waals surface area contributed by atoms with Gasteiger partial charge in [-0.2, -0.15) is 0 Å². The van der Waals surface area contributed by atoms with E-state index in [2.05, 4.69) is 116 Å². The summed E-state index contributed by atoms with van der Waals surface area (Å²) in [7, 11) is 2.14. The quantitative estimate of drug-likeness (QED) is 0.374. The van der Waals surface area contributed by atoms with Crippen molar-refractivity contribution in [2.24, 2.45) is 16.3 Å². The van der Waals surface area contributed by atoms with Gasteiger partial charge in [0.2, 0.25) is 0 Å². The van der Waals surface area contributed by atoms with Crippen LogP contribution in [-0.2, 0) is 12.8 Å². The topological polar surface area (TPSA) is 15.6 Å². The van der Waals surface area contributed by atoms with E-state index >= 15 is 0 Å². The van der Waals surface area contributed by atoms with E-state index in [4.69, 9.17) is 4.99 Å². The molecule has 178 valence electrons. The molecular weight excluding hydrogens is 400 g/mol.